The van der Waals surface area contributed by atoms with Crippen LogP contribution in [-0.2, 0) is 11.8 Å². The molecule has 2 heteroatoms. The molecule has 0 amide bonds. The number of hydrogen-bond acceptors (Lipinski definition) is 0. The van der Waals surface area contributed by atoms with Crippen LogP contribution in [0.3, 0.4) is 0 Å². The summed E-state index contributed by atoms with van der Waals surface area (Å²) in [5.74, 6) is 0. The fourth-order valence-corrected chi connectivity index (χ4v) is 10.6. The van der Waals surface area contributed by atoms with Crippen LogP contribution in [-0.4, -0.2) is 9.13 Å². The first-order valence-electron chi connectivity index (χ1n) is 22.2. The highest BCUT2D eigenvalue weighted by Crippen LogP contribution is 2.49. The first kappa shape index (κ1) is 37.6. The van der Waals surface area contributed by atoms with Gasteiger partial charge in [0.25, 0.3) is 0 Å². The van der Waals surface area contributed by atoms with E-state index in [1.165, 1.54) is 82.6 Å². The number of rotatable bonds is 6. The zero-order chi connectivity index (χ0) is 42.6. The first-order valence-corrected chi connectivity index (χ1v) is 22.2. The summed E-state index contributed by atoms with van der Waals surface area (Å²) >= 11 is 0. The second-order valence-corrected chi connectivity index (χ2v) is 16.9. The molecule has 0 radical (unpaired) electrons. The van der Waals surface area contributed by atoms with Crippen LogP contribution in [0.2, 0.25) is 0 Å². The van der Waals surface area contributed by atoms with Crippen LogP contribution in [0.5, 0.6) is 0 Å². The van der Waals surface area contributed by atoms with E-state index in [1.807, 2.05) is 0 Å². The van der Waals surface area contributed by atoms with Crippen LogP contribution < -0.4 is 0 Å². The van der Waals surface area contributed by atoms with Crippen molar-refractivity contribution < 1.29 is 0 Å². The molecule has 0 saturated heterocycles. The fraction of sp³-hybridized carbons (Fsp3) is 0.0323. The van der Waals surface area contributed by atoms with Crippen LogP contribution in [0, 0.1) is 0 Å². The summed E-state index contributed by atoms with van der Waals surface area (Å²) in [6, 6.07) is 80.1. The Labute approximate surface area is 373 Å². The summed E-state index contributed by atoms with van der Waals surface area (Å²) in [7, 11) is 0. The van der Waals surface area contributed by atoms with Crippen molar-refractivity contribution in [1.82, 2.24) is 9.13 Å². The first-order chi connectivity index (χ1) is 31.7. The van der Waals surface area contributed by atoms with Gasteiger partial charge in [0.2, 0.25) is 0 Å². The molecule has 12 rings (SSSR count). The standard InChI is InChI=1S/C62H44N2/c1-43-20-6-2-9-23-45-24-14-16-33-56(45)62(43,48-26-10-4-11-27-48)49-37-39-59-55(42-49)54-41-47(36-38-58(54)63(59)50-28-12-5-13-29-50)52-32-19-35-60-61(52)53-31-15-17-34-57(53)64(60)51-30-18-25-46(40-51)44-21-7-3-8-22-44/h2-22,24-42H,1,23H2/b9-2-,20-6-. The molecule has 11 aromatic rings. The van der Waals surface area contributed by atoms with Gasteiger partial charge in [0, 0.05) is 32.9 Å². The van der Waals surface area contributed by atoms with Crippen molar-refractivity contribution in [3.8, 4) is 33.6 Å². The molecule has 1 unspecified atom stereocenters. The van der Waals surface area contributed by atoms with E-state index < -0.39 is 5.41 Å². The molecule has 0 aliphatic heterocycles. The van der Waals surface area contributed by atoms with Crippen molar-refractivity contribution in [2.45, 2.75) is 11.8 Å². The van der Waals surface area contributed by atoms with Crippen LogP contribution in [0.15, 0.2) is 255 Å². The van der Waals surface area contributed by atoms with Gasteiger partial charge in [-0.15, -0.1) is 0 Å². The quantitative estimate of drug-likeness (QED) is 0.158. The Morgan fingerprint density at radius 3 is 1.88 bits per heavy atom. The second kappa shape index (κ2) is 15.3. The minimum absolute atomic E-state index is 0.640. The van der Waals surface area contributed by atoms with Gasteiger partial charge in [0.15, 0.2) is 0 Å². The molecular weight excluding hydrogens is 773 g/mol. The molecule has 1 atom stereocenters. The lowest BCUT2D eigenvalue weighted by atomic mass is 9.63. The minimum atomic E-state index is -0.640. The van der Waals surface area contributed by atoms with Gasteiger partial charge in [-0.05, 0) is 117 Å². The molecule has 0 fully saturated rings. The lowest BCUT2D eigenvalue weighted by Gasteiger charge is -2.38. The summed E-state index contributed by atoms with van der Waals surface area (Å²) in [5, 5.41) is 4.89. The summed E-state index contributed by atoms with van der Waals surface area (Å²) in [5.41, 5.74) is 17.1. The highest BCUT2D eigenvalue weighted by Gasteiger charge is 2.40. The van der Waals surface area contributed by atoms with Gasteiger partial charge in [0.1, 0.15) is 0 Å². The molecule has 1 aliphatic carbocycles. The summed E-state index contributed by atoms with van der Waals surface area (Å²) in [6.07, 6.45) is 9.59. The number of aromatic nitrogens is 2. The molecule has 2 aromatic heterocycles. The van der Waals surface area contributed by atoms with Gasteiger partial charge < -0.3 is 9.13 Å². The van der Waals surface area contributed by atoms with Crippen molar-refractivity contribution in [3.63, 3.8) is 0 Å². The predicted octanol–water partition coefficient (Wildman–Crippen LogP) is 15.8. The van der Waals surface area contributed by atoms with Gasteiger partial charge in [-0.2, -0.15) is 0 Å². The number of allylic oxidation sites excluding steroid dienone is 5. The Balaban J connectivity index is 1.12. The largest absolute Gasteiger partial charge is 0.309 e. The van der Waals surface area contributed by atoms with Gasteiger partial charge in [-0.3, -0.25) is 0 Å². The molecule has 0 N–H and O–H groups in total. The number of fused-ring (bicyclic) bond motifs is 7. The summed E-state index contributed by atoms with van der Waals surface area (Å²) < 4.78 is 4.86. The van der Waals surface area contributed by atoms with E-state index >= 15 is 0 Å². The second-order valence-electron chi connectivity index (χ2n) is 16.9. The highest BCUT2D eigenvalue weighted by molar-refractivity contribution is 6.17. The predicted molar refractivity (Wildman–Crippen MR) is 270 cm³/mol. The van der Waals surface area contributed by atoms with Crippen molar-refractivity contribution >= 4 is 43.6 Å². The van der Waals surface area contributed by atoms with Crippen molar-refractivity contribution in [1.29, 1.82) is 0 Å². The average molecular weight is 817 g/mol. The molecule has 0 bridgehead atoms. The molecule has 0 saturated carbocycles. The van der Waals surface area contributed by atoms with Crippen LogP contribution in [0.25, 0.3) is 77.2 Å². The van der Waals surface area contributed by atoms with E-state index in [-0.39, 0.29) is 0 Å². The van der Waals surface area contributed by atoms with Gasteiger partial charge in [-0.25, -0.2) is 0 Å². The highest BCUT2D eigenvalue weighted by atomic mass is 15.0. The third kappa shape index (κ3) is 5.87. The molecule has 9 aromatic carbocycles. The number of nitrogens with zero attached hydrogens (tertiary/aromatic N) is 2. The Morgan fingerprint density at radius 1 is 0.406 bits per heavy atom. The number of hydrogen-bond donors (Lipinski definition) is 0. The van der Waals surface area contributed by atoms with Crippen molar-refractivity contribution in [2.24, 2.45) is 0 Å². The smallest absolute Gasteiger partial charge is 0.0698 e. The number of para-hydroxylation sites is 2. The van der Waals surface area contributed by atoms with Crippen LogP contribution >= 0.6 is 0 Å². The maximum atomic E-state index is 4.88. The van der Waals surface area contributed by atoms with E-state index in [1.54, 1.807) is 0 Å². The van der Waals surface area contributed by atoms with Crippen LogP contribution in [0.4, 0.5) is 0 Å². The van der Waals surface area contributed by atoms with Gasteiger partial charge in [-0.1, -0.05) is 189 Å². The molecule has 1 aliphatic rings. The zero-order valence-electron chi connectivity index (χ0n) is 35.4. The fourth-order valence-electron chi connectivity index (χ4n) is 10.6. The summed E-state index contributed by atoms with van der Waals surface area (Å²) in [4.78, 5) is 0. The van der Waals surface area contributed by atoms with E-state index in [0.29, 0.717) is 0 Å². The van der Waals surface area contributed by atoms with E-state index in [4.69, 9.17) is 6.58 Å². The third-order valence-electron chi connectivity index (χ3n) is 13.4. The number of benzene rings is 9. The normalized spacial score (nSPS) is 16.1. The Hall–Kier alpha value is -8.20. The average Bonchev–Trinajstić information content (AvgIpc) is 3.89. The molecule has 2 heterocycles. The summed E-state index contributed by atoms with van der Waals surface area (Å²) in [6.45, 7) is 4.88. The minimum Gasteiger partial charge on any atom is -0.309 e. The molecule has 2 nitrogen and oxygen atoms in total. The molecule has 64 heavy (non-hydrogen) atoms. The Kier molecular flexibility index (Phi) is 8.98. The topological polar surface area (TPSA) is 9.86 Å². The zero-order valence-corrected chi connectivity index (χ0v) is 35.4. The lowest BCUT2D eigenvalue weighted by molar-refractivity contribution is 0.738. The van der Waals surface area contributed by atoms with Crippen molar-refractivity contribution in [3.05, 3.63) is 277 Å². The monoisotopic (exact) mass is 816 g/mol. The SMILES string of the molecule is C=C1/C=C\C=C/Cc2ccccc2C1(c1ccccc1)c1ccc2c(c1)c1cc(-c3cccc4c3c3ccccc3n4-c3cccc(-c4ccccc4)c3)ccc1n2-c1ccccc1. The Bertz CT molecular complexity index is 3640. The maximum absolute atomic E-state index is 4.88. The van der Waals surface area contributed by atoms with E-state index in [2.05, 4.69) is 252 Å². The van der Waals surface area contributed by atoms with E-state index in [9.17, 15) is 0 Å². The molecule has 302 valence electrons. The van der Waals surface area contributed by atoms with E-state index in [0.717, 1.165) is 28.9 Å². The van der Waals surface area contributed by atoms with Crippen LogP contribution in [0.1, 0.15) is 22.3 Å². The lowest BCUT2D eigenvalue weighted by Crippen LogP contribution is -2.32. The van der Waals surface area contributed by atoms with Crippen molar-refractivity contribution in [2.75, 3.05) is 0 Å². The third-order valence-corrected chi connectivity index (χ3v) is 13.4. The maximum Gasteiger partial charge on any atom is 0.0698 e. The van der Waals surface area contributed by atoms with Gasteiger partial charge in [0.05, 0.1) is 27.5 Å². The Morgan fingerprint density at radius 2 is 1.03 bits per heavy atom. The molecular formula is C62H44N2. The van der Waals surface area contributed by atoms with Gasteiger partial charge >= 0.3 is 0 Å². The molecule has 0 spiro atoms.